The fourth-order valence-electron chi connectivity index (χ4n) is 3.57. The number of likely N-dealkylation sites (tertiary alicyclic amines) is 2. The number of amides is 2. The topological polar surface area (TPSA) is 76.4 Å². The molecule has 0 aliphatic carbocycles. The van der Waals surface area contributed by atoms with Crippen LogP contribution in [0.1, 0.15) is 37.7 Å². The van der Waals surface area contributed by atoms with Crippen LogP contribution in [0.15, 0.2) is 11.4 Å². The molecular weight excluding hydrogens is 336 g/mol. The number of thiophene rings is 1. The molecule has 3 heterocycles. The second-order valence-electron chi connectivity index (χ2n) is 6.76. The van der Waals surface area contributed by atoms with Gasteiger partial charge in [0, 0.05) is 19.0 Å². The smallest absolute Gasteiger partial charge is 0.239 e. The molecule has 1 aromatic heterocycles. The molecule has 6 nitrogen and oxygen atoms in total. The minimum absolute atomic E-state index is 0.0974. The summed E-state index contributed by atoms with van der Waals surface area (Å²) < 4.78 is 0. The molecule has 2 fully saturated rings. The van der Waals surface area contributed by atoms with Crippen LogP contribution >= 0.6 is 11.3 Å². The number of anilines is 1. The van der Waals surface area contributed by atoms with Gasteiger partial charge in [-0.1, -0.05) is 0 Å². The average molecular weight is 360 g/mol. The van der Waals surface area contributed by atoms with E-state index in [2.05, 4.69) is 16.3 Å². The van der Waals surface area contributed by atoms with Crippen LogP contribution in [0.3, 0.4) is 0 Å². The van der Waals surface area contributed by atoms with Gasteiger partial charge in [-0.05, 0) is 56.6 Å². The van der Waals surface area contributed by atoms with Gasteiger partial charge in [0.1, 0.15) is 11.1 Å². The van der Waals surface area contributed by atoms with Crippen molar-refractivity contribution in [1.82, 2.24) is 9.80 Å². The number of nitriles is 1. The van der Waals surface area contributed by atoms with Crippen LogP contribution in [0.4, 0.5) is 5.00 Å². The number of carbonyl (C=O) groups is 2. The van der Waals surface area contributed by atoms with Gasteiger partial charge in [0.15, 0.2) is 0 Å². The van der Waals surface area contributed by atoms with Crippen LogP contribution < -0.4 is 5.32 Å². The summed E-state index contributed by atoms with van der Waals surface area (Å²) in [6, 6.07) is 3.78. The third-order valence-corrected chi connectivity index (χ3v) is 5.84. The van der Waals surface area contributed by atoms with Crippen molar-refractivity contribution >= 4 is 28.2 Å². The van der Waals surface area contributed by atoms with Crippen molar-refractivity contribution in [3.8, 4) is 6.07 Å². The Labute approximate surface area is 152 Å². The summed E-state index contributed by atoms with van der Waals surface area (Å²) in [5.41, 5.74) is 0.504. The minimum atomic E-state index is -0.0974. The summed E-state index contributed by atoms with van der Waals surface area (Å²) in [7, 11) is 0. The van der Waals surface area contributed by atoms with Gasteiger partial charge in [0.2, 0.25) is 11.8 Å². The zero-order chi connectivity index (χ0) is 17.6. The van der Waals surface area contributed by atoms with E-state index >= 15 is 0 Å². The molecule has 25 heavy (non-hydrogen) atoms. The van der Waals surface area contributed by atoms with E-state index in [-0.39, 0.29) is 11.8 Å². The summed E-state index contributed by atoms with van der Waals surface area (Å²) in [6.45, 7) is 3.67. The maximum Gasteiger partial charge on any atom is 0.239 e. The predicted molar refractivity (Wildman–Crippen MR) is 97.3 cm³/mol. The third kappa shape index (κ3) is 4.59. The van der Waals surface area contributed by atoms with Gasteiger partial charge < -0.3 is 10.2 Å². The Morgan fingerprint density at radius 1 is 1.20 bits per heavy atom. The Balaban J connectivity index is 1.43. The van der Waals surface area contributed by atoms with E-state index in [1.54, 1.807) is 11.4 Å². The lowest BCUT2D eigenvalue weighted by atomic mass is 9.94. The lowest BCUT2D eigenvalue weighted by molar-refractivity contribution is -0.138. The molecule has 7 heteroatoms. The number of rotatable bonds is 4. The summed E-state index contributed by atoms with van der Waals surface area (Å²) in [6.07, 6.45) is 5.13. The highest BCUT2D eigenvalue weighted by Gasteiger charge is 2.29. The number of hydrogen-bond donors (Lipinski definition) is 1. The molecule has 3 rings (SSSR count). The Morgan fingerprint density at radius 3 is 2.60 bits per heavy atom. The van der Waals surface area contributed by atoms with Crippen molar-refractivity contribution in [2.75, 3.05) is 38.0 Å². The number of nitrogens with zero attached hydrogens (tertiary/aromatic N) is 3. The summed E-state index contributed by atoms with van der Waals surface area (Å²) in [4.78, 5) is 28.9. The van der Waals surface area contributed by atoms with Crippen molar-refractivity contribution in [3.05, 3.63) is 17.0 Å². The highest BCUT2D eigenvalue weighted by molar-refractivity contribution is 7.14. The normalized spacial score (nSPS) is 19.4. The first-order valence-electron chi connectivity index (χ1n) is 8.96. The van der Waals surface area contributed by atoms with Crippen molar-refractivity contribution < 1.29 is 9.59 Å². The van der Waals surface area contributed by atoms with E-state index in [1.807, 2.05) is 4.90 Å². The molecule has 1 N–H and O–H groups in total. The van der Waals surface area contributed by atoms with Crippen molar-refractivity contribution in [2.24, 2.45) is 5.92 Å². The Kier molecular flexibility index (Phi) is 6.05. The zero-order valence-corrected chi connectivity index (χ0v) is 15.2. The summed E-state index contributed by atoms with van der Waals surface area (Å²) in [5, 5.41) is 14.2. The van der Waals surface area contributed by atoms with Gasteiger partial charge in [-0.25, -0.2) is 0 Å². The van der Waals surface area contributed by atoms with Crippen LogP contribution in [0.2, 0.25) is 0 Å². The predicted octanol–water partition coefficient (Wildman–Crippen LogP) is 2.28. The lowest BCUT2D eigenvalue weighted by Crippen LogP contribution is -2.45. The minimum Gasteiger partial charge on any atom is -0.342 e. The second-order valence-corrected chi connectivity index (χ2v) is 7.68. The van der Waals surface area contributed by atoms with Crippen LogP contribution in [0.25, 0.3) is 0 Å². The van der Waals surface area contributed by atoms with Crippen molar-refractivity contribution in [2.45, 2.75) is 32.1 Å². The van der Waals surface area contributed by atoms with Gasteiger partial charge in [-0.3, -0.25) is 14.5 Å². The fourth-order valence-corrected chi connectivity index (χ4v) is 4.33. The lowest BCUT2D eigenvalue weighted by Gasteiger charge is -2.35. The summed E-state index contributed by atoms with van der Waals surface area (Å²) in [5.74, 6) is 0.320. The molecule has 2 aliphatic rings. The molecule has 0 aromatic carbocycles. The van der Waals surface area contributed by atoms with Crippen molar-refractivity contribution in [3.63, 3.8) is 0 Å². The second kappa shape index (κ2) is 8.45. The highest BCUT2D eigenvalue weighted by Crippen LogP contribution is 2.23. The Morgan fingerprint density at radius 2 is 1.92 bits per heavy atom. The molecule has 0 bridgehead atoms. The Hall–Kier alpha value is -1.91. The molecule has 0 radical (unpaired) electrons. The average Bonchev–Trinajstić information content (AvgIpc) is 3.09. The first kappa shape index (κ1) is 17.9. The third-order valence-electron chi connectivity index (χ3n) is 5.01. The summed E-state index contributed by atoms with van der Waals surface area (Å²) >= 11 is 1.36. The molecule has 0 atom stereocenters. The quantitative estimate of drug-likeness (QED) is 0.894. The van der Waals surface area contributed by atoms with Gasteiger partial charge >= 0.3 is 0 Å². The molecule has 0 spiro atoms. The molecule has 2 amide bonds. The molecule has 2 aliphatic heterocycles. The van der Waals surface area contributed by atoms with E-state index in [4.69, 9.17) is 5.26 Å². The van der Waals surface area contributed by atoms with E-state index in [1.165, 1.54) is 17.8 Å². The van der Waals surface area contributed by atoms with E-state index < -0.39 is 0 Å². The van der Waals surface area contributed by atoms with Crippen LogP contribution in [-0.2, 0) is 9.59 Å². The standard InChI is InChI=1S/C18H24N4O2S/c19-12-15-6-11-25-17(15)20-16(23)13-21-9-4-14(5-10-21)18(24)22-7-2-1-3-8-22/h6,11,14H,1-5,7-10,13H2,(H,20,23). The molecular formula is C18H24N4O2S. The number of piperidine rings is 2. The maximum absolute atomic E-state index is 12.6. The Bertz CT molecular complexity index is 652. The largest absolute Gasteiger partial charge is 0.342 e. The molecule has 0 saturated carbocycles. The van der Waals surface area contributed by atoms with E-state index in [9.17, 15) is 9.59 Å². The van der Waals surface area contributed by atoms with Crippen LogP contribution in [-0.4, -0.2) is 54.3 Å². The zero-order valence-electron chi connectivity index (χ0n) is 14.4. The van der Waals surface area contributed by atoms with Crippen molar-refractivity contribution in [1.29, 1.82) is 5.26 Å². The van der Waals surface area contributed by atoms with E-state index in [0.29, 0.717) is 23.0 Å². The van der Waals surface area contributed by atoms with Crippen LogP contribution in [0.5, 0.6) is 0 Å². The first-order valence-corrected chi connectivity index (χ1v) is 9.84. The molecule has 0 unspecified atom stereocenters. The number of hydrogen-bond acceptors (Lipinski definition) is 5. The fraction of sp³-hybridized carbons (Fsp3) is 0.611. The highest BCUT2D eigenvalue weighted by atomic mass is 32.1. The molecule has 2 saturated heterocycles. The maximum atomic E-state index is 12.6. The van der Waals surface area contributed by atoms with Gasteiger partial charge in [0.05, 0.1) is 12.1 Å². The number of nitrogens with one attached hydrogen (secondary N) is 1. The first-order chi connectivity index (χ1) is 12.2. The SMILES string of the molecule is N#Cc1ccsc1NC(=O)CN1CCC(C(=O)N2CCCCC2)CC1. The van der Waals surface area contributed by atoms with Gasteiger partial charge in [-0.2, -0.15) is 5.26 Å². The number of carbonyl (C=O) groups excluding carboxylic acids is 2. The van der Waals surface area contributed by atoms with Gasteiger partial charge in [0.25, 0.3) is 0 Å². The molecule has 1 aromatic rings. The van der Waals surface area contributed by atoms with Gasteiger partial charge in [-0.15, -0.1) is 11.3 Å². The molecule has 134 valence electrons. The van der Waals surface area contributed by atoms with E-state index in [0.717, 1.165) is 51.9 Å². The monoisotopic (exact) mass is 360 g/mol. The van der Waals surface area contributed by atoms with Crippen LogP contribution in [0, 0.1) is 17.2 Å².